The monoisotopic (exact) mass is 120 g/mol. The zero-order valence-electron chi connectivity index (χ0n) is 4.62. The van der Waals surface area contributed by atoms with Crippen molar-refractivity contribution in [2.75, 3.05) is 13.1 Å². The number of nitrogens with two attached hydrogens (primary N) is 4. The molecular weight excluding hydrogens is 108 g/mol. The van der Waals surface area contributed by atoms with E-state index in [0.29, 0.717) is 13.1 Å². The van der Waals surface area contributed by atoms with Gasteiger partial charge in [0.05, 0.1) is 0 Å². The molecule has 0 fully saturated rings. The summed E-state index contributed by atoms with van der Waals surface area (Å²) in [5, 5.41) is 2.04. The third kappa shape index (κ3) is 5.76. The summed E-state index contributed by atoms with van der Waals surface area (Å²) < 4.78 is 0. The zero-order chi connectivity index (χ0) is 6.57. The van der Waals surface area contributed by atoms with Crippen LogP contribution in [-0.4, -0.2) is 23.3 Å². The molecule has 0 bridgehead atoms. The fourth-order valence-electron chi connectivity index (χ4n) is 0.231. The Bertz CT molecular complexity index is 42.5. The SMILES string of the molecule is NN(N)CCN(N)N. The van der Waals surface area contributed by atoms with Crippen molar-refractivity contribution in [1.29, 1.82) is 0 Å². The molecule has 0 saturated heterocycles. The Labute approximate surface area is 47.9 Å². The molecule has 0 aromatic heterocycles. The van der Waals surface area contributed by atoms with Crippen LogP contribution in [0.5, 0.6) is 0 Å². The van der Waals surface area contributed by atoms with E-state index in [4.69, 9.17) is 23.4 Å². The van der Waals surface area contributed by atoms with E-state index < -0.39 is 0 Å². The van der Waals surface area contributed by atoms with Crippen LogP contribution in [0, 0.1) is 0 Å². The van der Waals surface area contributed by atoms with Crippen LogP contribution in [0.1, 0.15) is 0 Å². The van der Waals surface area contributed by atoms with Crippen molar-refractivity contribution in [3.63, 3.8) is 0 Å². The Balaban J connectivity index is 2.93. The second kappa shape index (κ2) is 3.72. The van der Waals surface area contributed by atoms with Crippen LogP contribution in [0.3, 0.4) is 0 Å². The highest BCUT2D eigenvalue weighted by Gasteiger charge is 1.91. The lowest BCUT2D eigenvalue weighted by Crippen LogP contribution is -2.48. The number of hydrogen-bond acceptors (Lipinski definition) is 6. The van der Waals surface area contributed by atoms with Crippen LogP contribution in [0.2, 0.25) is 0 Å². The first-order chi connectivity index (χ1) is 3.63. The highest BCUT2D eigenvalue weighted by Crippen LogP contribution is 1.64. The molecule has 0 unspecified atom stereocenters. The molecule has 0 aromatic rings. The van der Waals surface area contributed by atoms with Gasteiger partial charge in [-0.05, 0) is 0 Å². The molecule has 6 nitrogen and oxygen atoms in total. The maximum Gasteiger partial charge on any atom is 0.0439 e. The van der Waals surface area contributed by atoms with E-state index in [1.165, 1.54) is 0 Å². The fraction of sp³-hybridized carbons (Fsp3) is 1.00. The molecule has 0 rings (SSSR count). The van der Waals surface area contributed by atoms with E-state index >= 15 is 0 Å². The topological polar surface area (TPSA) is 111 Å². The van der Waals surface area contributed by atoms with E-state index in [1.807, 2.05) is 0 Å². The number of hydrogen-bond donors (Lipinski definition) is 4. The molecule has 0 aliphatic heterocycles. The molecule has 0 saturated carbocycles. The molecule has 0 aromatic carbocycles. The van der Waals surface area contributed by atoms with Gasteiger partial charge in [0.2, 0.25) is 0 Å². The van der Waals surface area contributed by atoms with E-state index in [0.717, 1.165) is 10.2 Å². The van der Waals surface area contributed by atoms with Crippen LogP contribution >= 0.6 is 0 Å². The van der Waals surface area contributed by atoms with E-state index in [1.54, 1.807) is 0 Å². The molecule has 0 radical (unpaired) electrons. The van der Waals surface area contributed by atoms with Gasteiger partial charge in [-0.25, -0.2) is 0 Å². The van der Waals surface area contributed by atoms with Crippen LogP contribution in [0.25, 0.3) is 0 Å². The molecule has 8 heavy (non-hydrogen) atoms. The smallest absolute Gasteiger partial charge is 0.0439 e. The van der Waals surface area contributed by atoms with Gasteiger partial charge in [0.15, 0.2) is 0 Å². The second-order valence-electron chi connectivity index (χ2n) is 1.48. The lowest BCUT2D eigenvalue weighted by molar-refractivity contribution is 0.214. The van der Waals surface area contributed by atoms with Crippen LogP contribution < -0.4 is 23.4 Å². The van der Waals surface area contributed by atoms with Gasteiger partial charge in [-0.2, -0.15) is 10.2 Å². The summed E-state index contributed by atoms with van der Waals surface area (Å²) in [6.45, 7) is 0.903. The minimum absolute atomic E-state index is 0.451. The molecule has 0 aliphatic carbocycles. The largest absolute Gasteiger partial charge is 0.255 e. The van der Waals surface area contributed by atoms with E-state index in [2.05, 4.69) is 0 Å². The van der Waals surface area contributed by atoms with Crippen molar-refractivity contribution in [1.82, 2.24) is 10.2 Å². The highest BCUT2D eigenvalue weighted by molar-refractivity contribution is 4.38. The van der Waals surface area contributed by atoms with E-state index in [9.17, 15) is 0 Å². The minimum Gasteiger partial charge on any atom is -0.255 e. The van der Waals surface area contributed by atoms with Gasteiger partial charge in [0, 0.05) is 13.1 Å². The van der Waals surface area contributed by atoms with Gasteiger partial charge in [-0.1, -0.05) is 0 Å². The molecule has 6 heteroatoms. The molecule has 0 amide bonds. The predicted molar refractivity (Wildman–Crippen MR) is 30.2 cm³/mol. The van der Waals surface area contributed by atoms with Crippen molar-refractivity contribution in [3.8, 4) is 0 Å². The predicted octanol–water partition coefficient (Wildman–Crippen LogP) is -2.91. The van der Waals surface area contributed by atoms with Gasteiger partial charge in [0.1, 0.15) is 0 Å². The standard InChI is InChI=1S/C2H12N6/c3-7(4)1-2-8(5)6/h1-6H2. The highest BCUT2D eigenvalue weighted by atomic mass is 15.6. The second-order valence-corrected chi connectivity index (χ2v) is 1.48. The molecule has 50 valence electrons. The van der Waals surface area contributed by atoms with Crippen molar-refractivity contribution < 1.29 is 0 Å². The van der Waals surface area contributed by atoms with Crippen molar-refractivity contribution >= 4 is 0 Å². The summed E-state index contributed by atoms with van der Waals surface area (Å²) in [6.07, 6.45) is 0. The average molecular weight is 120 g/mol. The van der Waals surface area contributed by atoms with Crippen molar-refractivity contribution in [2.45, 2.75) is 0 Å². The summed E-state index contributed by atoms with van der Waals surface area (Å²) in [4.78, 5) is 0. The minimum atomic E-state index is 0.451. The molecule has 0 aliphatic rings. The van der Waals surface area contributed by atoms with E-state index in [-0.39, 0.29) is 0 Å². The average Bonchev–Trinajstić information content (AvgIpc) is 1.61. The summed E-state index contributed by atoms with van der Waals surface area (Å²) >= 11 is 0. The van der Waals surface area contributed by atoms with Gasteiger partial charge in [0.25, 0.3) is 0 Å². The zero-order valence-corrected chi connectivity index (χ0v) is 4.62. The maximum atomic E-state index is 5.01. The van der Waals surface area contributed by atoms with Gasteiger partial charge in [-0.3, -0.25) is 23.4 Å². The lowest BCUT2D eigenvalue weighted by Gasteiger charge is -2.12. The summed E-state index contributed by atoms with van der Waals surface area (Å²) in [5.41, 5.74) is 0. The normalized spacial score (nSPS) is 11.2. The van der Waals surface area contributed by atoms with Crippen molar-refractivity contribution in [2.24, 2.45) is 23.4 Å². The number of rotatable bonds is 3. The first kappa shape index (κ1) is 7.76. The Morgan fingerprint density at radius 1 is 0.750 bits per heavy atom. The molecule has 8 N–H and O–H groups in total. The van der Waals surface area contributed by atoms with Gasteiger partial charge in [-0.15, -0.1) is 0 Å². The van der Waals surface area contributed by atoms with Gasteiger partial charge < -0.3 is 0 Å². The van der Waals surface area contributed by atoms with Crippen molar-refractivity contribution in [3.05, 3.63) is 0 Å². The lowest BCUT2D eigenvalue weighted by atomic mass is 10.6. The summed E-state index contributed by atoms with van der Waals surface area (Å²) in [6, 6.07) is 0. The Kier molecular flexibility index (Phi) is 3.61. The Morgan fingerprint density at radius 2 is 1.00 bits per heavy atom. The number of nitrogens with zero attached hydrogens (tertiary/aromatic N) is 2. The summed E-state index contributed by atoms with van der Waals surface area (Å²) in [7, 11) is 0. The summed E-state index contributed by atoms with van der Waals surface area (Å²) in [5.74, 6) is 20.1. The molecular formula is C2H12N6. The third-order valence-corrected chi connectivity index (χ3v) is 0.616. The molecule has 0 heterocycles. The number of hydrazine groups is 4. The third-order valence-electron chi connectivity index (χ3n) is 0.616. The van der Waals surface area contributed by atoms with Crippen LogP contribution in [0.4, 0.5) is 0 Å². The van der Waals surface area contributed by atoms with Crippen LogP contribution in [-0.2, 0) is 0 Å². The molecule has 0 spiro atoms. The quantitative estimate of drug-likeness (QED) is 0.235. The fourth-order valence-corrected chi connectivity index (χ4v) is 0.231. The molecule has 0 atom stereocenters. The van der Waals surface area contributed by atoms with Gasteiger partial charge >= 0.3 is 0 Å². The van der Waals surface area contributed by atoms with Crippen LogP contribution in [0.15, 0.2) is 0 Å². The first-order valence-corrected chi connectivity index (χ1v) is 2.17. The first-order valence-electron chi connectivity index (χ1n) is 2.17. The maximum absolute atomic E-state index is 5.01. The Morgan fingerprint density at radius 3 is 1.12 bits per heavy atom. The Hall–Kier alpha value is -0.240.